The molecule has 0 amide bonds. The van der Waals surface area contributed by atoms with Crippen LogP contribution in [-0.2, 0) is 6.42 Å². The highest BCUT2D eigenvalue weighted by Crippen LogP contribution is 2.23. The molecule has 2 aromatic rings. The molecule has 0 bridgehead atoms. The smallest absolute Gasteiger partial charge is 0.128 e. The lowest BCUT2D eigenvalue weighted by molar-refractivity contribution is 0.485. The molecular formula is C14H17FN2S. The van der Waals surface area contributed by atoms with E-state index in [4.69, 9.17) is 5.84 Å². The normalized spacial score (nSPS) is 12.6. The minimum absolute atomic E-state index is 0.148. The maximum atomic E-state index is 13.8. The first kappa shape index (κ1) is 13.2. The average molecular weight is 264 g/mol. The SMILES string of the molecule is Cc1ccc(F)c(C(CCc2ccsc2)NN)c1. The Morgan fingerprint density at radius 2 is 2.22 bits per heavy atom. The Bertz CT molecular complexity index is 497. The van der Waals surface area contributed by atoms with Crippen LogP contribution in [0.1, 0.15) is 29.2 Å². The molecule has 0 spiro atoms. The van der Waals surface area contributed by atoms with Crippen LogP contribution in [0.2, 0.25) is 0 Å². The maximum Gasteiger partial charge on any atom is 0.128 e. The van der Waals surface area contributed by atoms with Gasteiger partial charge in [-0.05, 0) is 48.2 Å². The van der Waals surface area contributed by atoms with E-state index in [1.165, 1.54) is 11.6 Å². The van der Waals surface area contributed by atoms with E-state index in [-0.39, 0.29) is 11.9 Å². The van der Waals surface area contributed by atoms with Gasteiger partial charge < -0.3 is 0 Å². The van der Waals surface area contributed by atoms with Gasteiger partial charge in [0.2, 0.25) is 0 Å². The van der Waals surface area contributed by atoms with Crippen LogP contribution in [0.4, 0.5) is 4.39 Å². The largest absolute Gasteiger partial charge is 0.271 e. The summed E-state index contributed by atoms with van der Waals surface area (Å²) in [5.41, 5.74) is 5.67. The van der Waals surface area contributed by atoms with Crippen molar-refractivity contribution in [3.8, 4) is 0 Å². The van der Waals surface area contributed by atoms with E-state index < -0.39 is 0 Å². The number of rotatable bonds is 5. The van der Waals surface area contributed by atoms with Crippen LogP contribution in [0.5, 0.6) is 0 Å². The summed E-state index contributed by atoms with van der Waals surface area (Å²) in [5.74, 6) is 5.35. The molecule has 0 aliphatic rings. The number of hydrazine groups is 1. The monoisotopic (exact) mass is 264 g/mol. The Balaban J connectivity index is 2.10. The molecule has 96 valence electrons. The molecule has 0 radical (unpaired) electrons. The van der Waals surface area contributed by atoms with Crippen molar-refractivity contribution in [2.75, 3.05) is 0 Å². The number of nitrogens with one attached hydrogen (secondary N) is 1. The standard InChI is InChI=1S/C14H17FN2S/c1-10-2-4-13(15)12(8-10)14(17-16)5-3-11-6-7-18-9-11/h2,4,6-9,14,17H,3,5,16H2,1H3. The molecule has 2 nitrogen and oxygen atoms in total. The van der Waals surface area contributed by atoms with E-state index in [1.54, 1.807) is 17.4 Å². The highest BCUT2D eigenvalue weighted by molar-refractivity contribution is 7.07. The minimum Gasteiger partial charge on any atom is -0.271 e. The van der Waals surface area contributed by atoms with Crippen molar-refractivity contribution in [3.63, 3.8) is 0 Å². The summed E-state index contributed by atoms with van der Waals surface area (Å²) in [4.78, 5) is 0. The number of hydrogen-bond donors (Lipinski definition) is 2. The van der Waals surface area contributed by atoms with Gasteiger partial charge in [0.15, 0.2) is 0 Å². The molecule has 1 unspecified atom stereocenters. The molecule has 1 atom stereocenters. The van der Waals surface area contributed by atoms with Gasteiger partial charge in [0.05, 0.1) is 0 Å². The van der Waals surface area contributed by atoms with Crippen molar-refractivity contribution in [2.45, 2.75) is 25.8 Å². The Morgan fingerprint density at radius 3 is 2.89 bits per heavy atom. The van der Waals surface area contributed by atoms with E-state index >= 15 is 0 Å². The highest BCUT2D eigenvalue weighted by atomic mass is 32.1. The van der Waals surface area contributed by atoms with Gasteiger partial charge in [-0.2, -0.15) is 11.3 Å². The van der Waals surface area contributed by atoms with Crippen LogP contribution in [0.15, 0.2) is 35.0 Å². The van der Waals surface area contributed by atoms with Gasteiger partial charge in [-0.1, -0.05) is 17.7 Å². The average Bonchev–Trinajstić information content (AvgIpc) is 2.87. The third-order valence-corrected chi connectivity index (χ3v) is 3.76. The Morgan fingerprint density at radius 1 is 1.39 bits per heavy atom. The number of hydrogen-bond acceptors (Lipinski definition) is 3. The van der Waals surface area contributed by atoms with Crippen LogP contribution in [0.25, 0.3) is 0 Å². The lowest BCUT2D eigenvalue weighted by Gasteiger charge is -2.17. The summed E-state index contributed by atoms with van der Waals surface area (Å²) in [6.07, 6.45) is 1.68. The van der Waals surface area contributed by atoms with Crippen LogP contribution in [-0.4, -0.2) is 0 Å². The predicted octanol–water partition coefficient (Wildman–Crippen LogP) is 3.33. The molecule has 3 N–H and O–H groups in total. The number of halogens is 1. The van der Waals surface area contributed by atoms with Gasteiger partial charge in [0.1, 0.15) is 5.82 Å². The zero-order valence-electron chi connectivity index (χ0n) is 10.3. The van der Waals surface area contributed by atoms with Crippen molar-refractivity contribution in [3.05, 3.63) is 57.5 Å². The predicted molar refractivity (Wildman–Crippen MR) is 73.8 cm³/mol. The Labute approximate surface area is 111 Å². The Hall–Kier alpha value is -1.23. The molecule has 1 heterocycles. The zero-order valence-corrected chi connectivity index (χ0v) is 11.1. The lowest BCUT2D eigenvalue weighted by Crippen LogP contribution is -2.29. The van der Waals surface area contributed by atoms with Crippen molar-refractivity contribution in [1.29, 1.82) is 0 Å². The number of thiophene rings is 1. The van der Waals surface area contributed by atoms with Crippen molar-refractivity contribution in [1.82, 2.24) is 5.43 Å². The number of nitrogens with two attached hydrogens (primary N) is 1. The topological polar surface area (TPSA) is 38.0 Å². The summed E-state index contributed by atoms with van der Waals surface area (Å²) in [7, 11) is 0. The van der Waals surface area contributed by atoms with Crippen LogP contribution in [0, 0.1) is 12.7 Å². The highest BCUT2D eigenvalue weighted by Gasteiger charge is 2.14. The molecule has 1 aromatic heterocycles. The van der Waals surface area contributed by atoms with E-state index in [1.807, 2.05) is 18.4 Å². The number of benzene rings is 1. The van der Waals surface area contributed by atoms with Crippen molar-refractivity contribution in [2.24, 2.45) is 5.84 Å². The first-order valence-corrected chi connectivity index (χ1v) is 6.88. The zero-order chi connectivity index (χ0) is 13.0. The second-order valence-electron chi connectivity index (χ2n) is 4.41. The van der Waals surface area contributed by atoms with Crippen molar-refractivity contribution < 1.29 is 4.39 Å². The summed E-state index contributed by atoms with van der Waals surface area (Å²) >= 11 is 1.67. The lowest BCUT2D eigenvalue weighted by atomic mass is 9.98. The molecule has 0 saturated carbocycles. The van der Waals surface area contributed by atoms with E-state index in [0.717, 1.165) is 18.4 Å². The molecule has 0 aliphatic carbocycles. The molecule has 18 heavy (non-hydrogen) atoms. The molecular weight excluding hydrogens is 247 g/mol. The third-order valence-electron chi connectivity index (χ3n) is 3.03. The van der Waals surface area contributed by atoms with Gasteiger partial charge in [0.25, 0.3) is 0 Å². The molecule has 0 saturated heterocycles. The fourth-order valence-electron chi connectivity index (χ4n) is 2.00. The van der Waals surface area contributed by atoms with Crippen LogP contribution >= 0.6 is 11.3 Å². The minimum atomic E-state index is -0.200. The first-order valence-electron chi connectivity index (χ1n) is 5.94. The third kappa shape index (κ3) is 3.16. The first-order chi connectivity index (χ1) is 8.70. The van der Waals surface area contributed by atoms with Crippen LogP contribution in [0.3, 0.4) is 0 Å². The second-order valence-corrected chi connectivity index (χ2v) is 5.19. The van der Waals surface area contributed by atoms with Gasteiger partial charge in [-0.3, -0.25) is 11.3 Å². The van der Waals surface area contributed by atoms with Crippen LogP contribution < -0.4 is 11.3 Å². The molecule has 0 fully saturated rings. The van der Waals surface area contributed by atoms with E-state index in [9.17, 15) is 4.39 Å². The van der Waals surface area contributed by atoms with Crippen molar-refractivity contribution >= 4 is 11.3 Å². The fourth-order valence-corrected chi connectivity index (χ4v) is 2.71. The Kier molecular flexibility index (Phi) is 4.47. The molecule has 4 heteroatoms. The second kappa shape index (κ2) is 6.09. The molecule has 2 rings (SSSR count). The number of aryl methyl sites for hydroxylation is 2. The summed E-state index contributed by atoms with van der Waals surface area (Å²) in [6.45, 7) is 1.95. The summed E-state index contributed by atoms with van der Waals surface area (Å²) in [5, 5.41) is 4.16. The summed E-state index contributed by atoms with van der Waals surface area (Å²) < 4.78 is 13.8. The quantitative estimate of drug-likeness (QED) is 0.642. The van der Waals surface area contributed by atoms with Gasteiger partial charge in [-0.25, -0.2) is 4.39 Å². The van der Waals surface area contributed by atoms with Gasteiger partial charge >= 0.3 is 0 Å². The van der Waals surface area contributed by atoms with Gasteiger partial charge in [0, 0.05) is 11.6 Å². The van der Waals surface area contributed by atoms with Gasteiger partial charge in [-0.15, -0.1) is 0 Å². The molecule has 1 aromatic carbocycles. The van der Waals surface area contributed by atoms with E-state index in [2.05, 4.69) is 16.9 Å². The summed E-state index contributed by atoms with van der Waals surface area (Å²) in [6, 6.07) is 7.06. The molecule has 0 aliphatic heterocycles. The fraction of sp³-hybridized carbons (Fsp3) is 0.286. The maximum absolute atomic E-state index is 13.8. The van der Waals surface area contributed by atoms with E-state index in [0.29, 0.717) is 5.56 Å².